The van der Waals surface area contributed by atoms with Gasteiger partial charge in [0.25, 0.3) is 5.91 Å². The van der Waals surface area contributed by atoms with Crippen LogP contribution in [0.4, 0.5) is 0 Å². The van der Waals surface area contributed by atoms with Crippen molar-refractivity contribution in [2.75, 3.05) is 26.2 Å². The van der Waals surface area contributed by atoms with Gasteiger partial charge in [-0.15, -0.1) is 11.3 Å². The van der Waals surface area contributed by atoms with Crippen molar-refractivity contribution in [1.82, 2.24) is 19.8 Å². The Balaban J connectivity index is 1.31. The minimum atomic E-state index is -0.0106. The standard InChI is InChI=1S/C17H22N4O2S/c1-20-5-2-3-14(20)17(22)19-7-12-11-23-15-9-21(8-13(12)15)10-16-18-4-6-24-16/h2-6,12-13,15H,7-11H2,1H3,(H,19,22)/t12-,13+,15+/m0/s1. The molecule has 0 aromatic carbocycles. The first-order chi connectivity index (χ1) is 11.7. The highest BCUT2D eigenvalue weighted by Crippen LogP contribution is 2.34. The number of rotatable bonds is 5. The molecular formula is C17H22N4O2S. The molecule has 0 unspecified atom stereocenters. The molecule has 6 nitrogen and oxygen atoms in total. The molecular weight excluding hydrogens is 324 g/mol. The van der Waals surface area contributed by atoms with Crippen LogP contribution < -0.4 is 5.32 Å². The molecule has 3 atom stereocenters. The number of hydrogen-bond acceptors (Lipinski definition) is 5. The van der Waals surface area contributed by atoms with Gasteiger partial charge in [0.15, 0.2) is 0 Å². The summed E-state index contributed by atoms with van der Waals surface area (Å²) in [4.78, 5) is 19.0. The highest BCUT2D eigenvalue weighted by Gasteiger charge is 2.43. The first-order valence-electron chi connectivity index (χ1n) is 8.32. The number of ether oxygens (including phenoxy) is 1. The van der Waals surface area contributed by atoms with Gasteiger partial charge in [0.05, 0.1) is 19.3 Å². The van der Waals surface area contributed by atoms with Gasteiger partial charge in [-0.1, -0.05) is 0 Å². The van der Waals surface area contributed by atoms with Crippen molar-refractivity contribution in [2.45, 2.75) is 12.6 Å². The Morgan fingerprint density at radius 2 is 2.42 bits per heavy atom. The van der Waals surface area contributed by atoms with Crippen molar-refractivity contribution in [2.24, 2.45) is 18.9 Å². The monoisotopic (exact) mass is 346 g/mol. The average molecular weight is 346 g/mol. The Hall–Kier alpha value is -1.70. The zero-order valence-corrected chi connectivity index (χ0v) is 14.5. The van der Waals surface area contributed by atoms with Crippen LogP contribution in [-0.2, 0) is 18.3 Å². The number of aryl methyl sites for hydroxylation is 1. The van der Waals surface area contributed by atoms with Crippen LogP contribution in [-0.4, -0.2) is 52.7 Å². The number of likely N-dealkylation sites (tertiary alicyclic amines) is 1. The summed E-state index contributed by atoms with van der Waals surface area (Å²) in [6.45, 7) is 4.31. The molecule has 2 aromatic heterocycles. The van der Waals surface area contributed by atoms with Crippen LogP contribution in [0.1, 0.15) is 15.5 Å². The van der Waals surface area contributed by atoms with E-state index >= 15 is 0 Å². The largest absolute Gasteiger partial charge is 0.376 e. The van der Waals surface area contributed by atoms with Crippen molar-refractivity contribution >= 4 is 17.2 Å². The van der Waals surface area contributed by atoms with Crippen molar-refractivity contribution in [3.63, 3.8) is 0 Å². The molecule has 0 saturated carbocycles. The van der Waals surface area contributed by atoms with Gasteiger partial charge in [0.2, 0.25) is 0 Å². The van der Waals surface area contributed by atoms with Gasteiger partial charge in [-0.05, 0) is 12.1 Å². The SMILES string of the molecule is Cn1cccc1C(=O)NC[C@H]1CO[C@@H]2CN(Cc3nccs3)C[C@H]12. The Labute approximate surface area is 145 Å². The molecule has 4 rings (SSSR count). The lowest BCUT2D eigenvalue weighted by Crippen LogP contribution is -2.34. The molecule has 0 bridgehead atoms. The molecule has 2 saturated heterocycles. The van der Waals surface area contributed by atoms with E-state index in [2.05, 4.69) is 15.2 Å². The van der Waals surface area contributed by atoms with Crippen LogP contribution in [0.2, 0.25) is 0 Å². The summed E-state index contributed by atoms with van der Waals surface area (Å²) >= 11 is 1.70. The lowest BCUT2D eigenvalue weighted by Gasteiger charge is -2.19. The van der Waals surface area contributed by atoms with Crippen molar-refractivity contribution in [3.8, 4) is 0 Å². The molecule has 7 heteroatoms. The number of nitrogens with one attached hydrogen (secondary N) is 1. The van der Waals surface area contributed by atoms with E-state index in [1.807, 2.05) is 41.5 Å². The van der Waals surface area contributed by atoms with Gasteiger partial charge in [-0.25, -0.2) is 4.98 Å². The topological polar surface area (TPSA) is 59.4 Å². The Morgan fingerprint density at radius 3 is 3.17 bits per heavy atom. The first kappa shape index (κ1) is 15.8. The fourth-order valence-electron chi connectivity index (χ4n) is 3.75. The van der Waals surface area contributed by atoms with Gasteiger partial charge in [0, 0.05) is 56.3 Å². The second-order valence-corrected chi connectivity index (χ2v) is 7.61. The second kappa shape index (κ2) is 6.66. The van der Waals surface area contributed by atoms with Crippen molar-refractivity contribution < 1.29 is 9.53 Å². The molecule has 0 aliphatic carbocycles. The number of aromatic nitrogens is 2. The van der Waals surface area contributed by atoms with Crippen molar-refractivity contribution in [1.29, 1.82) is 0 Å². The molecule has 0 radical (unpaired) electrons. The number of thiazole rings is 1. The third-order valence-corrected chi connectivity index (χ3v) is 5.82. The summed E-state index contributed by atoms with van der Waals surface area (Å²) in [5.74, 6) is 0.878. The predicted octanol–water partition coefficient (Wildman–Crippen LogP) is 1.36. The normalized spacial score (nSPS) is 26.6. The van der Waals surface area contributed by atoms with Gasteiger partial charge >= 0.3 is 0 Å². The molecule has 4 heterocycles. The summed E-state index contributed by atoms with van der Waals surface area (Å²) in [7, 11) is 1.89. The lowest BCUT2D eigenvalue weighted by molar-refractivity contribution is 0.0899. The first-order valence-corrected chi connectivity index (χ1v) is 9.20. The van der Waals surface area contributed by atoms with E-state index in [9.17, 15) is 4.79 Å². The summed E-state index contributed by atoms with van der Waals surface area (Å²) in [6.07, 6.45) is 4.04. The maximum atomic E-state index is 12.3. The van der Waals surface area contributed by atoms with Gasteiger partial charge in [-0.3, -0.25) is 9.69 Å². The number of hydrogen-bond donors (Lipinski definition) is 1. The lowest BCUT2D eigenvalue weighted by atomic mass is 9.93. The Morgan fingerprint density at radius 1 is 1.50 bits per heavy atom. The minimum Gasteiger partial charge on any atom is -0.376 e. The van der Waals surface area contributed by atoms with Crippen LogP contribution in [0.3, 0.4) is 0 Å². The molecule has 128 valence electrons. The second-order valence-electron chi connectivity index (χ2n) is 6.63. The highest BCUT2D eigenvalue weighted by atomic mass is 32.1. The maximum absolute atomic E-state index is 12.3. The molecule has 2 aliphatic heterocycles. The van der Waals surface area contributed by atoms with E-state index in [-0.39, 0.29) is 5.91 Å². The molecule has 2 aromatic rings. The molecule has 2 fully saturated rings. The van der Waals surface area contributed by atoms with Crippen LogP contribution in [0.15, 0.2) is 29.9 Å². The number of carbonyl (C=O) groups excluding carboxylic acids is 1. The third kappa shape index (κ3) is 3.11. The Kier molecular flexibility index (Phi) is 4.39. The van der Waals surface area contributed by atoms with E-state index in [0.29, 0.717) is 30.2 Å². The van der Waals surface area contributed by atoms with E-state index in [1.54, 1.807) is 11.3 Å². The molecule has 2 aliphatic rings. The number of amides is 1. The molecule has 1 amide bonds. The third-order valence-electron chi connectivity index (χ3n) is 5.06. The van der Waals surface area contributed by atoms with E-state index in [4.69, 9.17) is 4.74 Å². The quantitative estimate of drug-likeness (QED) is 0.888. The number of nitrogens with zero attached hydrogens (tertiary/aromatic N) is 3. The van der Waals surface area contributed by atoms with Crippen LogP contribution in [0.5, 0.6) is 0 Å². The van der Waals surface area contributed by atoms with Crippen LogP contribution in [0.25, 0.3) is 0 Å². The van der Waals surface area contributed by atoms with Crippen LogP contribution >= 0.6 is 11.3 Å². The van der Waals surface area contributed by atoms with Crippen molar-refractivity contribution in [3.05, 3.63) is 40.6 Å². The highest BCUT2D eigenvalue weighted by molar-refractivity contribution is 7.09. The number of carbonyl (C=O) groups is 1. The van der Waals surface area contributed by atoms with Gasteiger partial charge in [0.1, 0.15) is 10.7 Å². The fraction of sp³-hybridized carbons (Fsp3) is 0.529. The van der Waals surface area contributed by atoms with E-state index in [1.165, 1.54) is 0 Å². The summed E-state index contributed by atoms with van der Waals surface area (Å²) in [5.41, 5.74) is 0.697. The smallest absolute Gasteiger partial charge is 0.267 e. The minimum absolute atomic E-state index is 0.0106. The summed E-state index contributed by atoms with van der Waals surface area (Å²) < 4.78 is 7.81. The van der Waals surface area contributed by atoms with E-state index in [0.717, 1.165) is 31.2 Å². The summed E-state index contributed by atoms with van der Waals surface area (Å²) in [6, 6.07) is 3.73. The number of fused-ring (bicyclic) bond motifs is 1. The predicted molar refractivity (Wildman–Crippen MR) is 91.9 cm³/mol. The van der Waals surface area contributed by atoms with Gasteiger partial charge < -0.3 is 14.6 Å². The zero-order valence-electron chi connectivity index (χ0n) is 13.7. The maximum Gasteiger partial charge on any atom is 0.267 e. The summed E-state index contributed by atoms with van der Waals surface area (Å²) in [5, 5.41) is 6.25. The zero-order chi connectivity index (χ0) is 16.5. The average Bonchev–Trinajstić information content (AvgIpc) is 3.31. The van der Waals surface area contributed by atoms with Crippen LogP contribution in [0, 0.1) is 11.8 Å². The fourth-order valence-corrected chi connectivity index (χ4v) is 4.41. The molecule has 24 heavy (non-hydrogen) atoms. The Bertz CT molecular complexity index is 699. The molecule has 0 spiro atoms. The van der Waals surface area contributed by atoms with E-state index < -0.39 is 0 Å². The molecule has 1 N–H and O–H groups in total. The van der Waals surface area contributed by atoms with Gasteiger partial charge in [-0.2, -0.15) is 0 Å².